The van der Waals surface area contributed by atoms with E-state index in [-0.39, 0.29) is 11.3 Å². The highest BCUT2D eigenvalue weighted by Crippen LogP contribution is 2.19. The molecule has 172 valence electrons. The predicted octanol–water partition coefficient (Wildman–Crippen LogP) is 2.86. The molecule has 0 radical (unpaired) electrons. The fourth-order valence-corrected chi connectivity index (χ4v) is 5.06. The summed E-state index contributed by atoms with van der Waals surface area (Å²) in [5.41, 5.74) is 1.66. The van der Waals surface area contributed by atoms with Crippen LogP contribution in [0.2, 0.25) is 0 Å². The summed E-state index contributed by atoms with van der Waals surface area (Å²) in [6.45, 7) is 2.53. The minimum Gasteiger partial charge on any atom is -0.391 e. The van der Waals surface area contributed by atoms with E-state index in [9.17, 15) is 18.0 Å². The maximum Gasteiger partial charge on any atom is 0.332 e. The molecule has 2 N–H and O–H groups in total. The molecule has 0 bridgehead atoms. The standard InChI is InChI=1S/C25H26N2O5S/c1-17-8-12-21(13-9-17)33(30,31)27-23(25(29)32-24(28)22-7-4-14-26-22)16-18-10-11-19-5-2-3-6-20(19)15-18/h2-3,5-6,8-13,15,22-23,26-27H,4,7,14,16H2,1H3/t22-,23-/m0/s1. The molecule has 0 aromatic heterocycles. The van der Waals surface area contributed by atoms with Gasteiger partial charge in [0.05, 0.1) is 4.90 Å². The SMILES string of the molecule is Cc1ccc(S(=O)(=O)N[C@@H](Cc2ccc3ccccc3c2)C(=O)OC(=O)[C@@H]2CCCN2)cc1. The topological polar surface area (TPSA) is 102 Å². The van der Waals surface area contributed by atoms with Crippen molar-refractivity contribution in [3.05, 3.63) is 77.9 Å². The normalized spacial score (nSPS) is 17.1. The van der Waals surface area contributed by atoms with Crippen LogP contribution in [0.25, 0.3) is 10.8 Å². The van der Waals surface area contributed by atoms with Crippen molar-refractivity contribution >= 4 is 32.7 Å². The molecule has 3 aromatic rings. The highest BCUT2D eigenvalue weighted by atomic mass is 32.2. The van der Waals surface area contributed by atoms with E-state index < -0.39 is 34.0 Å². The van der Waals surface area contributed by atoms with Crippen molar-refractivity contribution in [2.24, 2.45) is 0 Å². The molecule has 2 atom stereocenters. The number of hydrogen-bond acceptors (Lipinski definition) is 6. The van der Waals surface area contributed by atoms with Crippen molar-refractivity contribution in [2.45, 2.75) is 43.2 Å². The van der Waals surface area contributed by atoms with E-state index in [1.54, 1.807) is 12.1 Å². The van der Waals surface area contributed by atoms with Crippen LogP contribution in [-0.2, 0) is 30.8 Å². The molecule has 0 spiro atoms. The van der Waals surface area contributed by atoms with E-state index in [2.05, 4.69) is 10.0 Å². The Kier molecular flexibility index (Phi) is 6.88. The van der Waals surface area contributed by atoms with E-state index in [1.807, 2.05) is 49.4 Å². The number of nitrogens with one attached hydrogen (secondary N) is 2. The lowest BCUT2D eigenvalue weighted by atomic mass is 10.0. The van der Waals surface area contributed by atoms with Crippen molar-refractivity contribution in [3.63, 3.8) is 0 Å². The molecule has 0 amide bonds. The fraction of sp³-hybridized carbons (Fsp3) is 0.280. The Morgan fingerprint density at radius 3 is 2.48 bits per heavy atom. The van der Waals surface area contributed by atoms with Crippen molar-refractivity contribution in [2.75, 3.05) is 6.54 Å². The van der Waals surface area contributed by atoms with E-state index in [4.69, 9.17) is 4.74 Å². The molecule has 1 heterocycles. The highest BCUT2D eigenvalue weighted by molar-refractivity contribution is 7.89. The summed E-state index contributed by atoms with van der Waals surface area (Å²) in [4.78, 5) is 25.4. The third-order valence-electron chi connectivity index (χ3n) is 5.71. The zero-order chi connectivity index (χ0) is 23.4. The van der Waals surface area contributed by atoms with Crippen LogP contribution < -0.4 is 10.0 Å². The molecule has 33 heavy (non-hydrogen) atoms. The monoisotopic (exact) mass is 466 g/mol. The first kappa shape index (κ1) is 23.1. The third kappa shape index (κ3) is 5.65. The van der Waals surface area contributed by atoms with Crippen LogP contribution in [0.15, 0.2) is 71.6 Å². The number of rotatable bonds is 7. The summed E-state index contributed by atoms with van der Waals surface area (Å²) in [5.74, 6) is -1.60. The summed E-state index contributed by atoms with van der Waals surface area (Å²) in [6, 6.07) is 17.9. The minimum atomic E-state index is -4.02. The summed E-state index contributed by atoms with van der Waals surface area (Å²) in [5, 5.41) is 4.98. The van der Waals surface area contributed by atoms with Gasteiger partial charge in [-0.2, -0.15) is 4.72 Å². The van der Waals surface area contributed by atoms with Gasteiger partial charge in [0.2, 0.25) is 10.0 Å². The van der Waals surface area contributed by atoms with Crippen molar-refractivity contribution in [1.29, 1.82) is 0 Å². The molecule has 1 saturated heterocycles. The summed E-state index contributed by atoms with van der Waals surface area (Å²) < 4.78 is 33.5. The van der Waals surface area contributed by atoms with Gasteiger partial charge in [0.15, 0.2) is 0 Å². The Bertz CT molecular complexity index is 1270. The lowest BCUT2D eigenvalue weighted by molar-refractivity contribution is -0.162. The molecule has 4 rings (SSSR count). The number of benzene rings is 3. The molecular weight excluding hydrogens is 440 g/mol. The summed E-state index contributed by atoms with van der Waals surface area (Å²) in [6.07, 6.45) is 1.44. The molecule has 1 aliphatic heterocycles. The second-order valence-corrected chi connectivity index (χ2v) is 9.98. The molecule has 7 nitrogen and oxygen atoms in total. The zero-order valence-electron chi connectivity index (χ0n) is 18.3. The van der Waals surface area contributed by atoms with Gasteiger partial charge in [-0.05, 0) is 61.2 Å². The lowest BCUT2D eigenvalue weighted by Gasteiger charge is -2.19. The number of carbonyl (C=O) groups excluding carboxylic acids is 2. The average molecular weight is 467 g/mol. The summed E-state index contributed by atoms with van der Waals surface area (Å²) in [7, 11) is -4.02. The number of aryl methyl sites for hydroxylation is 1. The Hall–Kier alpha value is -3.07. The Morgan fingerprint density at radius 2 is 1.79 bits per heavy atom. The van der Waals surface area contributed by atoms with Gasteiger partial charge in [0, 0.05) is 0 Å². The third-order valence-corrected chi connectivity index (χ3v) is 7.20. The molecule has 1 aliphatic rings. The maximum absolute atomic E-state index is 13.0. The minimum absolute atomic E-state index is 0.0354. The van der Waals surface area contributed by atoms with Gasteiger partial charge >= 0.3 is 11.9 Å². The number of hydrogen-bond donors (Lipinski definition) is 2. The van der Waals surface area contributed by atoms with Crippen LogP contribution in [0.3, 0.4) is 0 Å². The van der Waals surface area contributed by atoms with E-state index in [1.165, 1.54) is 12.1 Å². The van der Waals surface area contributed by atoms with E-state index >= 15 is 0 Å². The zero-order valence-corrected chi connectivity index (χ0v) is 19.1. The molecule has 8 heteroatoms. The maximum atomic E-state index is 13.0. The van der Waals surface area contributed by atoms with Crippen LogP contribution in [0, 0.1) is 6.92 Å². The smallest absolute Gasteiger partial charge is 0.332 e. The van der Waals surface area contributed by atoms with Gasteiger partial charge in [-0.25, -0.2) is 18.0 Å². The molecule has 3 aromatic carbocycles. The van der Waals surface area contributed by atoms with Crippen LogP contribution in [0.5, 0.6) is 0 Å². The predicted molar refractivity (Wildman–Crippen MR) is 125 cm³/mol. The van der Waals surface area contributed by atoms with Gasteiger partial charge in [0.1, 0.15) is 12.1 Å². The Labute approximate surface area is 193 Å². The average Bonchev–Trinajstić information content (AvgIpc) is 3.34. The van der Waals surface area contributed by atoms with Crippen LogP contribution in [0.4, 0.5) is 0 Å². The van der Waals surface area contributed by atoms with Gasteiger partial charge in [-0.1, -0.05) is 60.2 Å². The van der Waals surface area contributed by atoms with E-state index in [0.717, 1.165) is 28.3 Å². The van der Waals surface area contributed by atoms with Crippen LogP contribution >= 0.6 is 0 Å². The van der Waals surface area contributed by atoms with Crippen molar-refractivity contribution < 1.29 is 22.7 Å². The first-order valence-corrected chi connectivity index (χ1v) is 12.4. The Morgan fingerprint density at radius 1 is 1.06 bits per heavy atom. The molecule has 0 aliphatic carbocycles. The second kappa shape index (κ2) is 9.82. The van der Waals surface area contributed by atoms with E-state index in [0.29, 0.717) is 13.0 Å². The fourth-order valence-electron chi connectivity index (χ4n) is 3.87. The van der Waals surface area contributed by atoms with Gasteiger partial charge in [-0.3, -0.25) is 0 Å². The number of fused-ring (bicyclic) bond motifs is 1. The number of ether oxygens (including phenoxy) is 1. The molecule has 0 saturated carbocycles. The van der Waals surface area contributed by atoms with Gasteiger partial charge in [-0.15, -0.1) is 0 Å². The second-order valence-electron chi connectivity index (χ2n) is 8.26. The summed E-state index contributed by atoms with van der Waals surface area (Å²) >= 11 is 0. The number of carbonyl (C=O) groups is 2. The number of esters is 2. The lowest BCUT2D eigenvalue weighted by Crippen LogP contribution is -2.45. The van der Waals surface area contributed by atoms with Gasteiger partial charge < -0.3 is 10.1 Å². The Balaban J connectivity index is 1.59. The number of sulfonamides is 1. The quantitative estimate of drug-likeness (QED) is 0.410. The molecule has 0 unspecified atom stereocenters. The van der Waals surface area contributed by atoms with Crippen LogP contribution in [0.1, 0.15) is 24.0 Å². The first-order valence-electron chi connectivity index (χ1n) is 10.9. The van der Waals surface area contributed by atoms with Gasteiger partial charge in [0.25, 0.3) is 0 Å². The molecule has 1 fully saturated rings. The molecular formula is C25H26N2O5S. The largest absolute Gasteiger partial charge is 0.391 e. The van der Waals surface area contributed by atoms with Crippen molar-refractivity contribution in [1.82, 2.24) is 10.0 Å². The first-order chi connectivity index (χ1) is 15.8. The highest BCUT2D eigenvalue weighted by Gasteiger charge is 2.32. The van der Waals surface area contributed by atoms with Crippen LogP contribution in [-0.4, -0.2) is 39.0 Å². The van der Waals surface area contributed by atoms with Crippen molar-refractivity contribution in [3.8, 4) is 0 Å².